The number of piperidine rings is 1. The highest BCUT2D eigenvalue weighted by atomic mass is 16.3. The quantitative estimate of drug-likeness (QED) is 0.481. The normalized spacial score (nSPS) is 31.6. The van der Waals surface area contributed by atoms with Gasteiger partial charge in [0.15, 0.2) is 0 Å². The van der Waals surface area contributed by atoms with E-state index in [9.17, 15) is 10.2 Å². The average molecular weight is 273 g/mol. The average Bonchev–Trinajstić information content (AvgIpc) is 2.41. The fourth-order valence-corrected chi connectivity index (χ4v) is 2.88. The van der Waals surface area contributed by atoms with Gasteiger partial charge in [-0.25, -0.2) is 0 Å². The maximum absolute atomic E-state index is 9.75. The van der Waals surface area contributed by atoms with Crippen LogP contribution in [0.4, 0.5) is 0 Å². The van der Waals surface area contributed by atoms with Crippen LogP contribution in [0.1, 0.15) is 64.7 Å². The third kappa shape index (κ3) is 6.21. The molecule has 0 saturated carbocycles. The summed E-state index contributed by atoms with van der Waals surface area (Å²) in [5.41, 5.74) is 0. The van der Waals surface area contributed by atoms with E-state index >= 15 is 0 Å². The molecule has 0 aliphatic carbocycles. The molecule has 4 heteroatoms. The van der Waals surface area contributed by atoms with E-state index in [0.29, 0.717) is 6.42 Å². The lowest BCUT2D eigenvalue weighted by Gasteiger charge is -2.37. The van der Waals surface area contributed by atoms with Crippen LogP contribution in [-0.4, -0.2) is 46.2 Å². The van der Waals surface area contributed by atoms with Crippen LogP contribution in [0.15, 0.2) is 0 Å². The van der Waals surface area contributed by atoms with E-state index in [1.807, 2.05) is 0 Å². The van der Waals surface area contributed by atoms with E-state index in [2.05, 4.69) is 12.2 Å². The maximum atomic E-state index is 9.75. The van der Waals surface area contributed by atoms with Crippen LogP contribution in [0.2, 0.25) is 0 Å². The van der Waals surface area contributed by atoms with Crippen LogP contribution in [0.25, 0.3) is 0 Å². The van der Waals surface area contributed by atoms with Crippen LogP contribution in [0, 0.1) is 0 Å². The van der Waals surface area contributed by atoms with Crippen molar-refractivity contribution >= 4 is 0 Å². The molecule has 0 unspecified atom stereocenters. The number of hydrogen-bond donors (Lipinski definition) is 4. The molecule has 0 bridgehead atoms. The van der Waals surface area contributed by atoms with Gasteiger partial charge >= 0.3 is 0 Å². The van der Waals surface area contributed by atoms with E-state index < -0.39 is 12.2 Å². The van der Waals surface area contributed by atoms with Crippen molar-refractivity contribution in [1.82, 2.24) is 5.32 Å². The summed E-state index contributed by atoms with van der Waals surface area (Å²) in [5, 5.41) is 31.8. The van der Waals surface area contributed by atoms with Crippen molar-refractivity contribution in [2.75, 3.05) is 6.61 Å². The summed E-state index contributed by atoms with van der Waals surface area (Å²) in [6.45, 7) is 2.11. The summed E-state index contributed by atoms with van der Waals surface area (Å²) >= 11 is 0. The van der Waals surface area contributed by atoms with Crippen molar-refractivity contribution in [3.8, 4) is 0 Å². The minimum Gasteiger partial charge on any atom is -0.395 e. The van der Waals surface area contributed by atoms with Crippen LogP contribution in [-0.2, 0) is 0 Å². The molecule has 0 spiro atoms. The molecule has 4 N–H and O–H groups in total. The molecule has 1 aliphatic rings. The second-order valence-electron chi connectivity index (χ2n) is 5.86. The Kier molecular flexibility index (Phi) is 8.62. The molecule has 0 amide bonds. The van der Waals surface area contributed by atoms with Gasteiger partial charge < -0.3 is 20.6 Å². The fraction of sp³-hybridized carbons (Fsp3) is 1.00. The molecule has 0 aromatic carbocycles. The first-order valence-electron chi connectivity index (χ1n) is 7.92. The molecule has 0 aromatic heterocycles. The lowest BCUT2D eigenvalue weighted by atomic mass is 9.90. The standard InChI is InChI=1S/C15H31NO3/c1-2-3-4-5-6-7-8-9-12-10-14(18)15(19)13(11-17)16-12/h12-19H,2-11H2,1H3/t12-,13-,14-,15-/m1/s1. The highest BCUT2D eigenvalue weighted by Gasteiger charge is 2.34. The molecular formula is C15H31NO3. The molecule has 19 heavy (non-hydrogen) atoms. The first-order valence-corrected chi connectivity index (χ1v) is 7.92. The Labute approximate surface area is 117 Å². The van der Waals surface area contributed by atoms with Crippen molar-refractivity contribution in [3.05, 3.63) is 0 Å². The smallest absolute Gasteiger partial charge is 0.0974 e. The molecule has 1 saturated heterocycles. The van der Waals surface area contributed by atoms with Gasteiger partial charge in [-0.3, -0.25) is 0 Å². The number of aliphatic hydroxyl groups excluding tert-OH is 3. The molecular weight excluding hydrogens is 242 g/mol. The van der Waals surface area contributed by atoms with Gasteiger partial charge in [-0.1, -0.05) is 51.9 Å². The zero-order valence-electron chi connectivity index (χ0n) is 12.2. The van der Waals surface area contributed by atoms with Gasteiger partial charge in [0.2, 0.25) is 0 Å². The number of rotatable bonds is 9. The number of aliphatic hydroxyl groups is 3. The van der Waals surface area contributed by atoms with Crippen molar-refractivity contribution < 1.29 is 15.3 Å². The predicted octanol–water partition coefficient (Wildman–Crippen LogP) is 1.57. The SMILES string of the molecule is CCCCCCCCC[C@@H]1C[C@@H](O)[C@H](O)[C@@H](CO)N1. The van der Waals surface area contributed by atoms with E-state index in [-0.39, 0.29) is 18.7 Å². The zero-order chi connectivity index (χ0) is 14.1. The summed E-state index contributed by atoms with van der Waals surface area (Å²) in [5.74, 6) is 0. The van der Waals surface area contributed by atoms with Gasteiger partial charge in [0.1, 0.15) is 0 Å². The Hall–Kier alpha value is -0.160. The third-order valence-corrected chi connectivity index (χ3v) is 4.14. The Balaban J connectivity index is 2.09. The summed E-state index contributed by atoms with van der Waals surface area (Å²) in [6.07, 6.45) is 9.06. The second kappa shape index (κ2) is 9.70. The number of nitrogens with one attached hydrogen (secondary N) is 1. The highest BCUT2D eigenvalue weighted by molar-refractivity contribution is 4.91. The largest absolute Gasteiger partial charge is 0.395 e. The molecule has 4 atom stereocenters. The van der Waals surface area contributed by atoms with Gasteiger partial charge in [0, 0.05) is 6.04 Å². The third-order valence-electron chi connectivity index (χ3n) is 4.14. The lowest BCUT2D eigenvalue weighted by molar-refractivity contribution is -0.0519. The molecule has 0 aromatic rings. The summed E-state index contributed by atoms with van der Waals surface area (Å²) in [4.78, 5) is 0. The van der Waals surface area contributed by atoms with E-state index in [4.69, 9.17) is 5.11 Å². The Morgan fingerprint density at radius 1 is 1.00 bits per heavy atom. The maximum Gasteiger partial charge on any atom is 0.0974 e. The minimum absolute atomic E-state index is 0.119. The molecule has 1 aliphatic heterocycles. The Morgan fingerprint density at radius 3 is 2.26 bits per heavy atom. The number of hydrogen-bond acceptors (Lipinski definition) is 4. The summed E-state index contributed by atoms with van der Waals surface area (Å²) < 4.78 is 0. The fourth-order valence-electron chi connectivity index (χ4n) is 2.88. The van der Waals surface area contributed by atoms with Crippen LogP contribution in [0.3, 0.4) is 0 Å². The number of unbranched alkanes of at least 4 members (excludes halogenated alkanes) is 6. The predicted molar refractivity (Wildman–Crippen MR) is 77.0 cm³/mol. The summed E-state index contributed by atoms with van der Waals surface area (Å²) in [6, 6.07) is -0.149. The minimum atomic E-state index is -0.838. The highest BCUT2D eigenvalue weighted by Crippen LogP contribution is 2.19. The van der Waals surface area contributed by atoms with Crippen LogP contribution >= 0.6 is 0 Å². The van der Waals surface area contributed by atoms with Gasteiger partial charge in [-0.15, -0.1) is 0 Å². The molecule has 1 fully saturated rings. The Morgan fingerprint density at radius 2 is 1.63 bits per heavy atom. The van der Waals surface area contributed by atoms with Crippen molar-refractivity contribution in [2.45, 2.75) is 89.0 Å². The van der Waals surface area contributed by atoms with Crippen molar-refractivity contribution in [2.24, 2.45) is 0 Å². The van der Waals surface area contributed by atoms with Crippen LogP contribution in [0.5, 0.6) is 0 Å². The molecule has 114 valence electrons. The first-order chi connectivity index (χ1) is 9.19. The van der Waals surface area contributed by atoms with Gasteiger partial charge in [0.05, 0.1) is 24.9 Å². The van der Waals surface area contributed by atoms with Gasteiger partial charge in [-0.05, 0) is 12.8 Å². The monoisotopic (exact) mass is 273 g/mol. The Bertz CT molecular complexity index is 225. The molecule has 0 radical (unpaired) electrons. The second-order valence-corrected chi connectivity index (χ2v) is 5.86. The molecule has 1 rings (SSSR count). The zero-order valence-corrected chi connectivity index (χ0v) is 12.2. The summed E-state index contributed by atoms with van der Waals surface area (Å²) in [7, 11) is 0. The van der Waals surface area contributed by atoms with Gasteiger partial charge in [-0.2, -0.15) is 0 Å². The van der Waals surface area contributed by atoms with E-state index in [1.54, 1.807) is 0 Å². The first kappa shape index (κ1) is 16.9. The topological polar surface area (TPSA) is 72.7 Å². The lowest BCUT2D eigenvalue weighted by Crippen LogP contribution is -2.58. The molecule has 4 nitrogen and oxygen atoms in total. The molecule has 1 heterocycles. The van der Waals surface area contributed by atoms with Crippen molar-refractivity contribution in [3.63, 3.8) is 0 Å². The van der Waals surface area contributed by atoms with E-state index in [0.717, 1.165) is 12.8 Å². The van der Waals surface area contributed by atoms with Crippen molar-refractivity contribution in [1.29, 1.82) is 0 Å². The van der Waals surface area contributed by atoms with Gasteiger partial charge in [0.25, 0.3) is 0 Å². The van der Waals surface area contributed by atoms with E-state index in [1.165, 1.54) is 38.5 Å². The van der Waals surface area contributed by atoms with Crippen LogP contribution < -0.4 is 5.32 Å².